The van der Waals surface area contributed by atoms with Crippen molar-refractivity contribution in [1.29, 1.82) is 0 Å². The lowest BCUT2D eigenvalue weighted by atomic mass is 10.0. The third-order valence-electron chi connectivity index (χ3n) is 6.34. The van der Waals surface area contributed by atoms with Gasteiger partial charge in [0.2, 0.25) is 15.8 Å². The highest BCUT2D eigenvalue weighted by Gasteiger charge is 2.24. The molecule has 4 heterocycles. The lowest BCUT2D eigenvalue weighted by molar-refractivity contribution is 0.401. The second kappa shape index (κ2) is 9.04. The normalized spacial score (nSPS) is 19.1. The molecule has 0 radical (unpaired) electrons. The Kier molecular flexibility index (Phi) is 6.06. The van der Waals surface area contributed by atoms with Gasteiger partial charge in [0.05, 0.1) is 11.9 Å². The Balaban J connectivity index is 1.48. The minimum absolute atomic E-state index is 0.291. The highest BCUT2D eigenvalue weighted by atomic mass is 32.2. The number of hydrogen-bond donors (Lipinski definition) is 0. The summed E-state index contributed by atoms with van der Waals surface area (Å²) in [6.07, 6.45) is 10.8. The summed E-state index contributed by atoms with van der Waals surface area (Å²) in [6.45, 7) is 2.85. The van der Waals surface area contributed by atoms with E-state index in [9.17, 15) is 12.8 Å². The molecule has 35 heavy (non-hydrogen) atoms. The van der Waals surface area contributed by atoms with Crippen molar-refractivity contribution >= 4 is 38.6 Å². The SMILES string of the molecule is CCc1nc2ccc(C3=CCN(S(C)(=O)=O)CC3)cn2c1N(C)c1nc(C2=CCC(F)C=C2)no1. The Morgan fingerprint density at radius 2 is 2.09 bits per heavy atom. The van der Waals surface area contributed by atoms with Gasteiger partial charge in [-0.05, 0) is 42.2 Å². The number of allylic oxidation sites excluding steroid dienone is 4. The Morgan fingerprint density at radius 3 is 2.74 bits per heavy atom. The first-order valence-corrected chi connectivity index (χ1v) is 13.3. The van der Waals surface area contributed by atoms with Gasteiger partial charge in [-0.15, -0.1) is 0 Å². The molecule has 0 saturated heterocycles. The zero-order valence-corrected chi connectivity index (χ0v) is 20.7. The molecule has 9 nitrogen and oxygen atoms in total. The Hall–Kier alpha value is -3.31. The van der Waals surface area contributed by atoms with E-state index < -0.39 is 16.2 Å². The van der Waals surface area contributed by atoms with Gasteiger partial charge >= 0.3 is 6.01 Å². The van der Waals surface area contributed by atoms with Gasteiger partial charge in [-0.3, -0.25) is 9.30 Å². The predicted molar refractivity (Wildman–Crippen MR) is 133 cm³/mol. The molecule has 0 amide bonds. The molecule has 0 saturated carbocycles. The van der Waals surface area contributed by atoms with E-state index >= 15 is 0 Å². The van der Waals surface area contributed by atoms with Crippen molar-refractivity contribution in [2.45, 2.75) is 32.4 Å². The first-order chi connectivity index (χ1) is 16.7. The standard InChI is InChI=1S/C24H27FN6O3S/c1-4-20-23(29(2)24-27-22(28-34-24)17-5-8-19(25)9-6-17)31-15-18(7-10-21(31)26-20)16-11-13-30(14-12-16)35(3,32)33/h5-8,10-11,15,19H,4,9,12-14H2,1-3H3. The van der Waals surface area contributed by atoms with E-state index in [-0.39, 0.29) is 0 Å². The number of aromatic nitrogens is 4. The molecule has 0 spiro atoms. The molecule has 5 rings (SSSR count). The Labute approximate surface area is 203 Å². The number of anilines is 2. The van der Waals surface area contributed by atoms with Crippen LogP contribution in [0.1, 0.15) is 36.8 Å². The first kappa shape index (κ1) is 23.4. The van der Waals surface area contributed by atoms with Crippen molar-refractivity contribution in [3.05, 3.63) is 59.7 Å². The molecule has 1 aliphatic heterocycles. The van der Waals surface area contributed by atoms with Gasteiger partial charge in [0, 0.05) is 38.3 Å². The fourth-order valence-corrected chi connectivity index (χ4v) is 5.17. The number of pyridine rings is 1. The number of sulfonamides is 1. The van der Waals surface area contributed by atoms with Crippen LogP contribution in [-0.4, -0.2) is 64.8 Å². The highest BCUT2D eigenvalue weighted by Crippen LogP contribution is 2.31. The quantitative estimate of drug-likeness (QED) is 0.510. The van der Waals surface area contributed by atoms with Gasteiger partial charge in [0.1, 0.15) is 17.6 Å². The number of fused-ring (bicyclic) bond motifs is 1. The fourth-order valence-electron chi connectivity index (χ4n) is 4.40. The van der Waals surface area contributed by atoms with Crippen molar-refractivity contribution < 1.29 is 17.3 Å². The molecule has 0 N–H and O–H groups in total. The number of rotatable bonds is 6. The molecule has 2 aliphatic rings. The average molecular weight is 499 g/mol. The highest BCUT2D eigenvalue weighted by molar-refractivity contribution is 7.88. The Bertz CT molecular complexity index is 1470. The van der Waals surface area contributed by atoms with Gasteiger partial charge < -0.3 is 4.52 Å². The third kappa shape index (κ3) is 4.53. The number of hydrogen-bond acceptors (Lipinski definition) is 7. The molecule has 0 fully saturated rings. The third-order valence-corrected chi connectivity index (χ3v) is 7.60. The van der Waals surface area contributed by atoms with Crippen molar-refractivity contribution in [1.82, 2.24) is 23.8 Å². The van der Waals surface area contributed by atoms with E-state index in [2.05, 4.69) is 10.1 Å². The zero-order valence-electron chi connectivity index (χ0n) is 19.8. The summed E-state index contributed by atoms with van der Waals surface area (Å²) < 4.78 is 46.1. The molecule has 1 atom stereocenters. The summed E-state index contributed by atoms with van der Waals surface area (Å²) in [5.41, 5.74) is 4.49. The number of alkyl halides is 1. The van der Waals surface area contributed by atoms with Gasteiger partial charge in [-0.2, -0.15) is 9.29 Å². The van der Waals surface area contributed by atoms with Crippen LogP contribution in [-0.2, 0) is 16.4 Å². The van der Waals surface area contributed by atoms with Crippen LogP contribution in [0.5, 0.6) is 0 Å². The van der Waals surface area contributed by atoms with Crippen LogP contribution in [0.2, 0.25) is 0 Å². The average Bonchev–Trinajstić information content (AvgIpc) is 3.48. The van der Waals surface area contributed by atoms with Gasteiger partial charge in [0.25, 0.3) is 0 Å². The fraction of sp³-hybridized carbons (Fsp3) is 0.375. The summed E-state index contributed by atoms with van der Waals surface area (Å²) in [5, 5.41) is 4.09. The number of imidazole rings is 1. The minimum atomic E-state index is -3.21. The van der Waals surface area contributed by atoms with Crippen molar-refractivity contribution in [3.63, 3.8) is 0 Å². The zero-order chi connectivity index (χ0) is 24.7. The van der Waals surface area contributed by atoms with E-state index in [0.717, 1.165) is 33.9 Å². The molecule has 0 bridgehead atoms. The lowest BCUT2D eigenvalue weighted by Crippen LogP contribution is -2.33. The second-order valence-electron chi connectivity index (χ2n) is 8.71. The molecule has 3 aromatic heterocycles. The van der Waals surface area contributed by atoms with Crippen LogP contribution in [0.15, 0.2) is 47.2 Å². The van der Waals surface area contributed by atoms with Crippen LogP contribution in [0.3, 0.4) is 0 Å². The van der Waals surface area contributed by atoms with Crippen molar-refractivity contribution in [3.8, 4) is 0 Å². The van der Waals surface area contributed by atoms with E-state index in [0.29, 0.717) is 44.2 Å². The van der Waals surface area contributed by atoms with Crippen LogP contribution < -0.4 is 4.90 Å². The minimum Gasteiger partial charge on any atom is -0.314 e. The first-order valence-electron chi connectivity index (χ1n) is 11.5. The molecule has 11 heteroatoms. The molecule has 3 aromatic rings. The molecule has 184 valence electrons. The molecule has 1 unspecified atom stereocenters. The van der Waals surface area contributed by atoms with E-state index in [1.165, 1.54) is 16.6 Å². The van der Waals surface area contributed by atoms with Gasteiger partial charge in [-0.1, -0.05) is 30.3 Å². The number of aryl methyl sites for hydroxylation is 1. The maximum atomic E-state index is 13.4. The topological polar surface area (TPSA) is 96.8 Å². The van der Waals surface area contributed by atoms with E-state index in [4.69, 9.17) is 9.51 Å². The number of nitrogens with zero attached hydrogens (tertiary/aromatic N) is 6. The van der Waals surface area contributed by atoms with Crippen LogP contribution in [0, 0.1) is 0 Å². The largest absolute Gasteiger partial charge is 0.329 e. The molecule has 1 aliphatic carbocycles. The summed E-state index contributed by atoms with van der Waals surface area (Å²) in [6, 6.07) is 4.28. The molecule has 0 aromatic carbocycles. The maximum Gasteiger partial charge on any atom is 0.329 e. The van der Waals surface area contributed by atoms with E-state index in [1.807, 2.05) is 47.7 Å². The lowest BCUT2D eigenvalue weighted by Gasteiger charge is -2.24. The number of halogens is 1. The summed E-state index contributed by atoms with van der Waals surface area (Å²) in [4.78, 5) is 11.1. The smallest absolute Gasteiger partial charge is 0.314 e. The summed E-state index contributed by atoms with van der Waals surface area (Å²) >= 11 is 0. The summed E-state index contributed by atoms with van der Waals surface area (Å²) in [7, 11) is -1.36. The molecular weight excluding hydrogens is 471 g/mol. The molecular formula is C24H27FN6O3S. The van der Waals surface area contributed by atoms with Crippen LogP contribution in [0.25, 0.3) is 16.8 Å². The van der Waals surface area contributed by atoms with Crippen LogP contribution in [0.4, 0.5) is 16.2 Å². The van der Waals surface area contributed by atoms with Crippen molar-refractivity contribution in [2.24, 2.45) is 0 Å². The summed E-state index contributed by atoms with van der Waals surface area (Å²) in [5.74, 6) is 1.22. The van der Waals surface area contributed by atoms with Crippen LogP contribution >= 0.6 is 0 Å². The predicted octanol–water partition coefficient (Wildman–Crippen LogP) is 3.78. The second-order valence-corrected chi connectivity index (χ2v) is 10.7. The Morgan fingerprint density at radius 1 is 1.26 bits per heavy atom. The van der Waals surface area contributed by atoms with Gasteiger partial charge in [-0.25, -0.2) is 17.8 Å². The monoisotopic (exact) mass is 498 g/mol. The van der Waals surface area contributed by atoms with Crippen molar-refractivity contribution in [2.75, 3.05) is 31.3 Å². The maximum absolute atomic E-state index is 13.4. The van der Waals surface area contributed by atoms with E-state index in [1.54, 1.807) is 12.2 Å². The van der Waals surface area contributed by atoms with Gasteiger partial charge in [0.15, 0.2) is 0 Å².